The molecule has 0 atom stereocenters. The van der Waals surface area contributed by atoms with E-state index in [0.717, 1.165) is 12.8 Å². The van der Waals surface area contributed by atoms with Crippen molar-refractivity contribution in [2.75, 3.05) is 20.2 Å². The second kappa shape index (κ2) is 9.05. The zero-order valence-corrected chi connectivity index (χ0v) is 9.21. The van der Waals surface area contributed by atoms with Gasteiger partial charge in [-0.05, 0) is 6.42 Å². The van der Waals surface area contributed by atoms with Crippen LogP contribution in [0.15, 0.2) is 12.2 Å². The molecule has 0 aliphatic rings. The van der Waals surface area contributed by atoms with E-state index in [9.17, 15) is 9.59 Å². The molecular formula is C10H18N2O3. The van der Waals surface area contributed by atoms with Gasteiger partial charge in [0.1, 0.15) is 0 Å². The maximum atomic E-state index is 10.9. The lowest BCUT2D eigenvalue weighted by Crippen LogP contribution is -2.30. The predicted octanol–water partition coefficient (Wildman–Crippen LogP) is 0.815. The SMILES string of the molecule is CCC/C=C/CNC(=O)OCC(=O)NC. The van der Waals surface area contributed by atoms with Crippen LogP contribution in [-0.4, -0.2) is 32.2 Å². The molecule has 15 heavy (non-hydrogen) atoms. The number of rotatable bonds is 6. The summed E-state index contributed by atoms with van der Waals surface area (Å²) in [6.07, 6.45) is 5.33. The minimum Gasteiger partial charge on any atom is -0.439 e. The number of allylic oxidation sites excluding steroid dienone is 1. The summed E-state index contributed by atoms with van der Waals surface area (Å²) < 4.78 is 4.61. The van der Waals surface area contributed by atoms with Gasteiger partial charge < -0.3 is 15.4 Å². The minimum atomic E-state index is -0.584. The third-order valence-corrected chi connectivity index (χ3v) is 1.60. The number of unbranched alkanes of at least 4 members (excludes halogenated alkanes) is 1. The number of amides is 2. The van der Waals surface area contributed by atoms with Gasteiger partial charge in [-0.15, -0.1) is 0 Å². The van der Waals surface area contributed by atoms with Crippen molar-refractivity contribution in [2.45, 2.75) is 19.8 Å². The zero-order valence-electron chi connectivity index (χ0n) is 9.21. The van der Waals surface area contributed by atoms with Gasteiger partial charge in [0.15, 0.2) is 6.61 Å². The molecule has 0 aromatic rings. The molecule has 0 bridgehead atoms. The first kappa shape index (κ1) is 13.5. The number of ether oxygens (including phenoxy) is 1. The summed E-state index contributed by atoms with van der Waals surface area (Å²) in [5.74, 6) is -0.327. The van der Waals surface area contributed by atoms with Gasteiger partial charge in [0.05, 0.1) is 0 Å². The summed E-state index contributed by atoms with van der Waals surface area (Å²) >= 11 is 0. The van der Waals surface area contributed by atoms with E-state index in [1.165, 1.54) is 7.05 Å². The van der Waals surface area contributed by atoms with Crippen LogP contribution in [0, 0.1) is 0 Å². The van der Waals surface area contributed by atoms with E-state index < -0.39 is 6.09 Å². The highest BCUT2D eigenvalue weighted by molar-refractivity contribution is 5.79. The molecule has 0 fully saturated rings. The van der Waals surface area contributed by atoms with Crippen molar-refractivity contribution >= 4 is 12.0 Å². The van der Waals surface area contributed by atoms with E-state index in [-0.39, 0.29) is 12.5 Å². The largest absolute Gasteiger partial charge is 0.439 e. The van der Waals surface area contributed by atoms with Crippen LogP contribution in [0.25, 0.3) is 0 Å². The Balaban J connectivity index is 3.45. The summed E-state index contributed by atoms with van der Waals surface area (Å²) in [6.45, 7) is 2.25. The Hall–Kier alpha value is -1.52. The first-order valence-corrected chi connectivity index (χ1v) is 4.97. The lowest BCUT2D eigenvalue weighted by Gasteiger charge is -2.03. The van der Waals surface area contributed by atoms with Crippen molar-refractivity contribution in [1.29, 1.82) is 0 Å². The number of hydrogen-bond donors (Lipinski definition) is 2. The second-order valence-corrected chi connectivity index (χ2v) is 2.89. The summed E-state index contributed by atoms with van der Waals surface area (Å²) in [4.78, 5) is 21.7. The van der Waals surface area contributed by atoms with Crippen molar-refractivity contribution in [3.05, 3.63) is 12.2 Å². The maximum absolute atomic E-state index is 10.9. The van der Waals surface area contributed by atoms with Gasteiger partial charge >= 0.3 is 6.09 Å². The average Bonchev–Trinajstić information content (AvgIpc) is 2.25. The third kappa shape index (κ3) is 8.80. The quantitative estimate of drug-likeness (QED) is 0.643. The molecule has 0 rings (SSSR count). The minimum absolute atomic E-state index is 0.249. The van der Waals surface area contributed by atoms with Gasteiger partial charge in [-0.3, -0.25) is 4.79 Å². The zero-order chi connectivity index (χ0) is 11.5. The van der Waals surface area contributed by atoms with Gasteiger partial charge in [-0.2, -0.15) is 0 Å². The summed E-state index contributed by atoms with van der Waals surface area (Å²) in [5, 5.41) is 4.84. The first-order valence-electron chi connectivity index (χ1n) is 4.97. The number of carbonyl (C=O) groups excluding carboxylic acids is 2. The molecule has 0 spiro atoms. The highest BCUT2D eigenvalue weighted by Gasteiger charge is 2.03. The van der Waals surface area contributed by atoms with E-state index >= 15 is 0 Å². The average molecular weight is 214 g/mol. The lowest BCUT2D eigenvalue weighted by molar-refractivity contribution is -0.123. The fraction of sp³-hybridized carbons (Fsp3) is 0.600. The molecule has 0 radical (unpaired) electrons. The summed E-state index contributed by atoms with van der Waals surface area (Å²) in [5.41, 5.74) is 0. The first-order chi connectivity index (χ1) is 7.20. The molecule has 0 aromatic heterocycles. The highest BCUT2D eigenvalue weighted by atomic mass is 16.6. The lowest BCUT2D eigenvalue weighted by atomic mass is 10.3. The Morgan fingerprint density at radius 3 is 2.67 bits per heavy atom. The Labute approximate surface area is 89.9 Å². The van der Waals surface area contributed by atoms with Crippen LogP contribution in [0.5, 0.6) is 0 Å². The van der Waals surface area contributed by atoms with E-state index in [2.05, 4.69) is 22.3 Å². The molecule has 0 aromatic carbocycles. The fourth-order valence-corrected chi connectivity index (χ4v) is 0.764. The second-order valence-electron chi connectivity index (χ2n) is 2.89. The normalized spacial score (nSPS) is 10.0. The Bertz CT molecular complexity index is 227. The number of alkyl carbamates (subject to hydrolysis) is 1. The van der Waals surface area contributed by atoms with Gasteiger partial charge in [0, 0.05) is 13.6 Å². The summed E-state index contributed by atoms with van der Waals surface area (Å²) in [6, 6.07) is 0. The standard InChI is InChI=1S/C10H18N2O3/c1-3-4-5-6-7-12-10(14)15-8-9(13)11-2/h5-6H,3-4,7-8H2,1-2H3,(H,11,13)(H,12,14)/b6-5+. The molecule has 5 heteroatoms. The molecule has 2 amide bonds. The molecule has 0 saturated carbocycles. The Morgan fingerprint density at radius 2 is 2.07 bits per heavy atom. The predicted molar refractivity (Wildman–Crippen MR) is 57.5 cm³/mol. The van der Waals surface area contributed by atoms with E-state index in [1.807, 2.05) is 12.2 Å². The van der Waals surface area contributed by atoms with Crippen molar-refractivity contribution in [1.82, 2.24) is 10.6 Å². The van der Waals surface area contributed by atoms with E-state index in [0.29, 0.717) is 6.54 Å². The molecule has 0 aliphatic heterocycles. The molecule has 0 heterocycles. The molecule has 86 valence electrons. The van der Waals surface area contributed by atoms with Gasteiger partial charge in [0.2, 0.25) is 0 Å². The smallest absolute Gasteiger partial charge is 0.407 e. The molecule has 0 unspecified atom stereocenters. The van der Waals surface area contributed by atoms with Gasteiger partial charge in [-0.1, -0.05) is 25.5 Å². The van der Waals surface area contributed by atoms with Crippen LogP contribution in [-0.2, 0) is 9.53 Å². The van der Waals surface area contributed by atoms with Crippen LogP contribution in [0.2, 0.25) is 0 Å². The van der Waals surface area contributed by atoms with Gasteiger partial charge in [-0.25, -0.2) is 4.79 Å². The third-order valence-electron chi connectivity index (χ3n) is 1.60. The van der Waals surface area contributed by atoms with E-state index in [1.54, 1.807) is 0 Å². The number of nitrogens with one attached hydrogen (secondary N) is 2. The molecule has 5 nitrogen and oxygen atoms in total. The Kier molecular flexibility index (Phi) is 8.13. The van der Waals surface area contributed by atoms with E-state index in [4.69, 9.17) is 0 Å². The van der Waals surface area contributed by atoms with Crippen LogP contribution in [0.1, 0.15) is 19.8 Å². The highest BCUT2D eigenvalue weighted by Crippen LogP contribution is 1.87. The molecular weight excluding hydrogens is 196 g/mol. The van der Waals surface area contributed by atoms with Crippen molar-refractivity contribution in [3.63, 3.8) is 0 Å². The fourth-order valence-electron chi connectivity index (χ4n) is 0.764. The molecule has 0 saturated heterocycles. The van der Waals surface area contributed by atoms with Crippen LogP contribution in [0.4, 0.5) is 4.79 Å². The van der Waals surface area contributed by atoms with Crippen LogP contribution >= 0.6 is 0 Å². The number of likely N-dealkylation sites (N-methyl/N-ethyl adjacent to an activating group) is 1. The maximum Gasteiger partial charge on any atom is 0.407 e. The van der Waals surface area contributed by atoms with Crippen LogP contribution < -0.4 is 10.6 Å². The molecule has 2 N–H and O–H groups in total. The number of carbonyl (C=O) groups is 2. The molecule has 0 aliphatic carbocycles. The van der Waals surface area contributed by atoms with Gasteiger partial charge in [0.25, 0.3) is 5.91 Å². The van der Waals surface area contributed by atoms with Crippen molar-refractivity contribution in [3.8, 4) is 0 Å². The van der Waals surface area contributed by atoms with Crippen LogP contribution in [0.3, 0.4) is 0 Å². The monoisotopic (exact) mass is 214 g/mol. The Morgan fingerprint density at radius 1 is 1.33 bits per heavy atom. The van der Waals surface area contributed by atoms with Crippen molar-refractivity contribution < 1.29 is 14.3 Å². The topological polar surface area (TPSA) is 67.4 Å². The number of hydrogen-bond acceptors (Lipinski definition) is 3. The summed E-state index contributed by atoms with van der Waals surface area (Å²) in [7, 11) is 1.48. The van der Waals surface area contributed by atoms with Crippen molar-refractivity contribution in [2.24, 2.45) is 0 Å².